The molecule has 0 atom stereocenters. The van der Waals surface area contributed by atoms with E-state index in [2.05, 4.69) is 18.0 Å². The molecule has 0 fully saturated rings. The number of thiocarbonyl (C=S) groups is 2. The molecule has 106 valence electrons. The van der Waals surface area contributed by atoms with Crippen molar-refractivity contribution in [1.29, 1.82) is 0 Å². The Hall–Kier alpha value is -1.67. The summed E-state index contributed by atoms with van der Waals surface area (Å²) in [6.45, 7) is 0.274. The van der Waals surface area contributed by atoms with Crippen LogP contribution in [0.15, 0.2) is 22.8 Å². The molecule has 0 aliphatic rings. The number of ether oxygens (including phenoxy) is 1. The average Bonchev–Trinajstić information content (AvgIpc) is 2.81. The maximum absolute atomic E-state index is 11.4. The highest BCUT2D eigenvalue weighted by Gasteiger charge is 2.09. The summed E-state index contributed by atoms with van der Waals surface area (Å²) >= 11 is 8.77. The summed E-state index contributed by atoms with van der Waals surface area (Å²) in [7, 11) is 3.58. The molecule has 8 heteroatoms. The molecule has 3 N–H and O–H groups in total. The molecular weight excluding hydrogens is 288 g/mol. The number of nitrogens with two attached hydrogens (primary N) is 1. The predicted octanol–water partition coefficient (Wildman–Crippen LogP) is 1.50. The molecule has 0 aliphatic carbocycles. The van der Waals surface area contributed by atoms with Gasteiger partial charge >= 0.3 is 0 Å². The zero-order valence-electron chi connectivity index (χ0n) is 10.7. The lowest BCUT2D eigenvalue weighted by molar-refractivity contribution is 0.0929. The summed E-state index contributed by atoms with van der Waals surface area (Å²) in [5.41, 5.74) is 4.40. The minimum atomic E-state index is -0.500. The van der Waals surface area contributed by atoms with Gasteiger partial charge in [-0.3, -0.25) is 4.79 Å². The van der Waals surface area contributed by atoms with Crippen LogP contribution in [0, 0.1) is 0 Å². The van der Waals surface area contributed by atoms with Crippen molar-refractivity contribution in [2.75, 3.05) is 20.7 Å². The van der Waals surface area contributed by atoms with Gasteiger partial charge in [-0.25, -0.2) is 0 Å². The van der Waals surface area contributed by atoms with Gasteiger partial charge in [0.05, 0.1) is 12.9 Å². The number of carbonyl (C=O) groups excluding carboxylic acids is 1. The van der Waals surface area contributed by atoms with Crippen molar-refractivity contribution in [2.45, 2.75) is 6.42 Å². The topological polar surface area (TPSA) is 88.9 Å². The van der Waals surface area contributed by atoms with Crippen LogP contribution in [0.3, 0.4) is 0 Å². The maximum atomic E-state index is 11.4. The van der Waals surface area contributed by atoms with Gasteiger partial charge in [0.1, 0.15) is 0 Å². The SMILES string of the molecule is CN(C)C(=S)OCCC(=O)c1ccco1.NC(O)=S. The van der Waals surface area contributed by atoms with Gasteiger partial charge in [0, 0.05) is 20.5 Å². The van der Waals surface area contributed by atoms with Crippen LogP contribution in [0.25, 0.3) is 0 Å². The van der Waals surface area contributed by atoms with E-state index in [0.717, 1.165) is 0 Å². The number of nitrogens with zero attached hydrogens (tertiary/aromatic N) is 1. The summed E-state index contributed by atoms with van der Waals surface area (Å²) in [6.07, 6.45) is 1.74. The molecule has 0 radical (unpaired) electrons. The molecule has 0 saturated carbocycles. The third kappa shape index (κ3) is 8.97. The molecule has 1 aromatic heterocycles. The first kappa shape index (κ1) is 17.3. The fourth-order valence-electron chi connectivity index (χ4n) is 0.921. The van der Waals surface area contributed by atoms with Gasteiger partial charge in [0.15, 0.2) is 5.76 Å². The third-order valence-corrected chi connectivity index (χ3v) is 2.20. The van der Waals surface area contributed by atoms with Gasteiger partial charge in [0.2, 0.25) is 5.78 Å². The van der Waals surface area contributed by atoms with Crippen molar-refractivity contribution >= 4 is 40.6 Å². The van der Waals surface area contributed by atoms with Crippen LogP contribution in [0.5, 0.6) is 0 Å². The van der Waals surface area contributed by atoms with E-state index in [0.29, 0.717) is 10.9 Å². The normalized spacial score (nSPS) is 8.95. The highest BCUT2D eigenvalue weighted by atomic mass is 32.1. The molecule has 0 saturated heterocycles. The number of aliphatic hydroxyl groups is 1. The Labute approximate surface area is 122 Å². The predicted molar refractivity (Wildman–Crippen MR) is 79.3 cm³/mol. The Kier molecular flexibility index (Phi) is 8.47. The molecule has 0 aromatic carbocycles. The lowest BCUT2D eigenvalue weighted by Crippen LogP contribution is -2.23. The van der Waals surface area contributed by atoms with Gasteiger partial charge in [-0.1, -0.05) is 0 Å². The molecule has 1 rings (SSSR count). The Balaban J connectivity index is 0.000000711. The van der Waals surface area contributed by atoms with Gasteiger partial charge in [-0.2, -0.15) is 0 Å². The van der Waals surface area contributed by atoms with E-state index in [9.17, 15) is 4.79 Å². The van der Waals surface area contributed by atoms with Crippen LogP contribution in [0.2, 0.25) is 0 Å². The Morgan fingerprint density at radius 1 is 1.53 bits per heavy atom. The molecule has 0 amide bonds. The minimum absolute atomic E-state index is 0.0819. The lowest BCUT2D eigenvalue weighted by atomic mass is 10.2. The standard InChI is InChI=1S/C10H13NO3S.CH3NOS/c1-11(2)10(15)14-7-5-8(12)9-4-3-6-13-9;2-1(3)4/h3-4,6H,5,7H2,1-2H3;(H3,2,3,4). The van der Waals surface area contributed by atoms with Crippen LogP contribution in [-0.2, 0) is 4.74 Å². The van der Waals surface area contributed by atoms with Crippen molar-refractivity contribution in [3.8, 4) is 0 Å². The van der Waals surface area contributed by atoms with E-state index < -0.39 is 5.17 Å². The number of hydrogen-bond acceptors (Lipinski definition) is 5. The van der Waals surface area contributed by atoms with Crippen molar-refractivity contribution in [3.05, 3.63) is 24.2 Å². The monoisotopic (exact) mass is 304 g/mol. The molecule has 19 heavy (non-hydrogen) atoms. The van der Waals surface area contributed by atoms with Crippen molar-refractivity contribution in [1.82, 2.24) is 4.90 Å². The van der Waals surface area contributed by atoms with Crippen LogP contribution in [0.1, 0.15) is 17.0 Å². The zero-order chi connectivity index (χ0) is 14.8. The summed E-state index contributed by atoms with van der Waals surface area (Å²) in [5.74, 6) is 0.274. The number of Topliss-reactive ketones (excluding diaryl/α,β-unsaturated/α-hetero) is 1. The lowest BCUT2D eigenvalue weighted by Gasteiger charge is -2.13. The van der Waals surface area contributed by atoms with E-state index in [1.54, 1.807) is 31.1 Å². The number of carbonyl (C=O) groups is 1. The molecule has 0 spiro atoms. The van der Waals surface area contributed by atoms with E-state index in [1.807, 2.05) is 0 Å². The number of hydrogen-bond donors (Lipinski definition) is 2. The van der Waals surface area contributed by atoms with Crippen LogP contribution in [0.4, 0.5) is 0 Å². The van der Waals surface area contributed by atoms with Crippen LogP contribution < -0.4 is 5.73 Å². The van der Waals surface area contributed by atoms with Crippen LogP contribution >= 0.6 is 24.4 Å². The fraction of sp³-hybridized carbons (Fsp3) is 0.364. The largest absolute Gasteiger partial charge is 0.487 e. The number of ketones is 1. The molecule has 0 bridgehead atoms. The Morgan fingerprint density at radius 3 is 2.53 bits per heavy atom. The van der Waals surface area contributed by atoms with E-state index in [4.69, 9.17) is 26.5 Å². The molecule has 6 nitrogen and oxygen atoms in total. The van der Waals surface area contributed by atoms with E-state index >= 15 is 0 Å². The highest BCUT2D eigenvalue weighted by molar-refractivity contribution is 7.80. The molecule has 0 unspecified atom stereocenters. The van der Waals surface area contributed by atoms with Crippen molar-refractivity contribution in [3.63, 3.8) is 0 Å². The van der Waals surface area contributed by atoms with Gasteiger partial charge in [0.25, 0.3) is 10.3 Å². The number of rotatable bonds is 4. The first-order chi connectivity index (χ1) is 8.84. The van der Waals surface area contributed by atoms with Gasteiger partial charge < -0.3 is 24.9 Å². The smallest absolute Gasteiger partial charge is 0.258 e. The molecule has 0 aliphatic heterocycles. The van der Waals surface area contributed by atoms with Gasteiger partial charge in [-0.05, 0) is 36.6 Å². The summed E-state index contributed by atoms with van der Waals surface area (Å²) in [5, 5.41) is 7.44. The third-order valence-electron chi connectivity index (χ3n) is 1.72. The van der Waals surface area contributed by atoms with Gasteiger partial charge in [-0.15, -0.1) is 0 Å². The van der Waals surface area contributed by atoms with Crippen molar-refractivity contribution < 1.29 is 19.1 Å². The minimum Gasteiger partial charge on any atom is -0.487 e. The summed E-state index contributed by atoms with van der Waals surface area (Å²) in [6, 6.07) is 3.31. The second kappa shape index (κ2) is 9.29. The van der Waals surface area contributed by atoms with E-state index in [-0.39, 0.29) is 18.8 Å². The molecular formula is C11H16N2O4S2. The zero-order valence-corrected chi connectivity index (χ0v) is 12.3. The second-order valence-electron chi connectivity index (χ2n) is 3.50. The number of aliphatic hydroxyl groups excluding tert-OH is 1. The number of furan rings is 1. The van der Waals surface area contributed by atoms with Crippen LogP contribution in [-0.4, -0.2) is 46.8 Å². The maximum Gasteiger partial charge on any atom is 0.258 e. The quantitative estimate of drug-likeness (QED) is 0.639. The fourth-order valence-corrected chi connectivity index (χ4v) is 1.00. The van der Waals surface area contributed by atoms with Crippen molar-refractivity contribution in [2.24, 2.45) is 5.73 Å². The first-order valence-corrected chi connectivity index (χ1v) is 6.05. The second-order valence-corrected chi connectivity index (χ2v) is 4.27. The summed E-state index contributed by atoms with van der Waals surface area (Å²) in [4.78, 5) is 13.1. The highest BCUT2D eigenvalue weighted by Crippen LogP contribution is 2.04. The molecule has 1 aromatic rings. The average molecular weight is 304 g/mol. The Bertz CT molecular complexity index is 414. The summed E-state index contributed by atoms with van der Waals surface area (Å²) < 4.78 is 10.1. The Morgan fingerprint density at radius 2 is 2.11 bits per heavy atom. The van der Waals surface area contributed by atoms with E-state index in [1.165, 1.54) is 6.26 Å². The molecule has 1 heterocycles. The first-order valence-electron chi connectivity index (χ1n) is 5.23.